The molecule has 1 aliphatic heterocycles. The minimum Gasteiger partial charge on any atom is -0.474 e. The van der Waals surface area contributed by atoms with Crippen LogP contribution in [0, 0.1) is 0 Å². The maximum absolute atomic E-state index is 12.5. The van der Waals surface area contributed by atoms with Gasteiger partial charge in [-0.15, -0.1) is 0 Å². The molecule has 0 radical (unpaired) electrons. The molecule has 0 spiro atoms. The van der Waals surface area contributed by atoms with Crippen LogP contribution in [-0.2, 0) is 4.74 Å². The van der Waals surface area contributed by atoms with Gasteiger partial charge in [0.25, 0.3) is 5.91 Å². The fraction of sp³-hybridized carbons (Fsp3) is 0.625. The zero-order chi connectivity index (χ0) is 15.5. The second-order valence-corrected chi connectivity index (χ2v) is 6.29. The van der Waals surface area contributed by atoms with Crippen molar-refractivity contribution in [3.8, 4) is 5.88 Å². The maximum Gasteiger partial charge on any atom is 0.256 e. The Hall–Kier alpha value is -1.62. The SMILES string of the molecule is CC(C)Oc1ncccc1C(=O)N[C@@H]1CCOC(C)(C)C1. The average Bonchev–Trinajstić information content (AvgIpc) is 2.37. The van der Waals surface area contributed by atoms with Gasteiger partial charge in [-0.2, -0.15) is 0 Å². The smallest absolute Gasteiger partial charge is 0.256 e. The fourth-order valence-electron chi connectivity index (χ4n) is 2.50. The number of hydrogen-bond donors (Lipinski definition) is 1. The third-order valence-electron chi connectivity index (χ3n) is 3.40. The van der Waals surface area contributed by atoms with Gasteiger partial charge in [-0.25, -0.2) is 4.98 Å². The zero-order valence-corrected chi connectivity index (χ0v) is 13.2. The summed E-state index contributed by atoms with van der Waals surface area (Å²) in [6.45, 7) is 8.58. The molecule has 0 unspecified atom stereocenters. The van der Waals surface area contributed by atoms with E-state index in [2.05, 4.69) is 10.3 Å². The summed E-state index contributed by atoms with van der Waals surface area (Å²) < 4.78 is 11.3. The molecule has 116 valence electrons. The standard InChI is InChI=1S/C16H24N2O3/c1-11(2)21-15-13(6-5-8-17-15)14(19)18-12-7-9-20-16(3,4)10-12/h5-6,8,11-12H,7,9-10H2,1-4H3,(H,18,19)/t12-/m1/s1. The molecule has 1 aromatic rings. The van der Waals surface area contributed by atoms with Crippen LogP contribution in [0.4, 0.5) is 0 Å². The van der Waals surface area contributed by atoms with Crippen LogP contribution in [0.1, 0.15) is 50.9 Å². The third kappa shape index (κ3) is 4.43. The van der Waals surface area contributed by atoms with Gasteiger partial charge in [0.2, 0.25) is 5.88 Å². The van der Waals surface area contributed by atoms with Crippen LogP contribution in [0.5, 0.6) is 5.88 Å². The summed E-state index contributed by atoms with van der Waals surface area (Å²) in [4.78, 5) is 16.6. The Bertz CT molecular complexity index is 500. The van der Waals surface area contributed by atoms with Crippen LogP contribution in [-0.4, -0.2) is 35.2 Å². The predicted octanol–water partition coefficient (Wildman–Crippen LogP) is 2.56. The lowest BCUT2D eigenvalue weighted by Gasteiger charge is -2.35. The molecule has 0 aliphatic carbocycles. The number of aromatic nitrogens is 1. The summed E-state index contributed by atoms with van der Waals surface area (Å²) in [5.74, 6) is 0.248. The van der Waals surface area contributed by atoms with Crippen molar-refractivity contribution >= 4 is 5.91 Å². The van der Waals surface area contributed by atoms with Gasteiger partial charge in [0.15, 0.2) is 0 Å². The topological polar surface area (TPSA) is 60.5 Å². The van der Waals surface area contributed by atoms with Crippen LogP contribution < -0.4 is 10.1 Å². The van der Waals surface area contributed by atoms with Crippen molar-refractivity contribution in [3.63, 3.8) is 0 Å². The van der Waals surface area contributed by atoms with E-state index in [1.54, 1.807) is 18.3 Å². The van der Waals surface area contributed by atoms with E-state index < -0.39 is 0 Å². The van der Waals surface area contributed by atoms with Gasteiger partial charge < -0.3 is 14.8 Å². The first kappa shape index (κ1) is 15.8. The number of rotatable bonds is 4. The third-order valence-corrected chi connectivity index (χ3v) is 3.40. The molecule has 1 saturated heterocycles. The van der Waals surface area contributed by atoms with E-state index in [1.165, 1.54) is 0 Å². The second kappa shape index (κ2) is 6.43. The summed E-state index contributed by atoms with van der Waals surface area (Å²) in [6, 6.07) is 3.61. The van der Waals surface area contributed by atoms with Crippen LogP contribution in [0.3, 0.4) is 0 Å². The molecule has 1 atom stereocenters. The van der Waals surface area contributed by atoms with Crippen molar-refractivity contribution in [1.82, 2.24) is 10.3 Å². The molecule has 5 nitrogen and oxygen atoms in total. The number of amides is 1. The van der Waals surface area contributed by atoms with E-state index in [4.69, 9.17) is 9.47 Å². The second-order valence-electron chi connectivity index (χ2n) is 6.29. The lowest BCUT2D eigenvalue weighted by atomic mass is 9.94. The van der Waals surface area contributed by atoms with Crippen molar-refractivity contribution in [2.75, 3.05) is 6.61 Å². The van der Waals surface area contributed by atoms with Crippen molar-refractivity contribution < 1.29 is 14.3 Å². The van der Waals surface area contributed by atoms with Gasteiger partial charge in [0.1, 0.15) is 5.56 Å². The predicted molar refractivity (Wildman–Crippen MR) is 80.5 cm³/mol. The van der Waals surface area contributed by atoms with Gasteiger partial charge in [-0.1, -0.05) is 0 Å². The number of carbonyl (C=O) groups is 1. The summed E-state index contributed by atoms with van der Waals surface area (Å²) in [5, 5.41) is 3.07. The number of nitrogens with one attached hydrogen (secondary N) is 1. The Kier molecular flexibility index (Phi) is 4.83. The highest BCUT2D eigenvalue weighted by Crippen LogP contribution is 2.24. The minimum atomic E-state index is -0.192. The molecule has 1 aliphatic rings. The zero-order valence-electron chi connectivity index (χ0n) is 13.2. The van der Waals surface area contributed by atoms with E-state index in [-0.39, 0.29) is 23.7 Å². The molecule has 1 aromatic heterocycles. The van der Waals surface area contributed by atoms with Gasteiger partial charge in [0, 0.05) is 18.8 Å². The first-order chi connectivity index (χ1) is 9.87. The maximum atomic E-state index is 12.5. The van der Waals surface area contributed by atoms with Crippen molar-refractivity contribution in [2.45, 2.75) is 58.3 Å². The van der Waals surface area contributed by atoms with E-state index >= 15 is 0 Å². The first-order valence-electron chi connectivity index (χ1n) is 7.44. The Morgan fingerprint density at radius 2 is 2.29 bits per heavy atom. The van der Waals surface area contributed by atoms with Crippen molar-refractivity contribution in [1.29, 1.82) is 0 Å². The van der Waals surface area contributed by atoms with E-state index in [1.807, 2.05) is 27.7 Å². The van der Waals surface area contributed by atoms with Crippen LogP contribution in [0.25, 0.3) is 0 Å². The minimum absolute atomic E-state index is 0.0199. The summed E-state index contributed by atoms with van der Waals surface area (Å²) in [7, 11) is 0. The van der Waals surface area contributed by atoms with Gasteiger partial charge in [-0.05, 0) is 52.7 Å². The molecule has 0 aromatic carbocycles. The molecule has 0 bridgehead atoms. The Morgan fingerprint density at radius 1 is 1.52 bits per heavy atom. The van der Waals surface area contributed by atoms with Gasteiger partial charge in [0.05, 0.1) is 11.7 Å². The van der Waals surface area contributed by atoms with E-state index in [0.717, 1.165) is 12.8 Å². The van der Waals surface area contributed by atoms with E-state index in [0.29, 0.717) is 18.1 Å². The quantitative estimate of drug-likeness (QED) is 0.926. The lowest BCUT2D eigenvalue weighted by Crippen LogP contribution is -2.45. The van der Waals surface area contributed by atoms with Gasteiger partial charge >= 0.3 is 0 Å². The first-order valence-corrected chi connectivity index (χ1v) is 7.44. The molecule has 1 N–H and O–H groups in total. The molecule has 0 saturated carbocycles. The van der Waals surface area contributed by atoms with Crippen LogP contribution in [0.15, 0.2) is 18.3 Å². The highest BCUT2D eigenvalue weighted by atomic mass is 16.5. The normalized spacial score (nSPS) is 21.1. The van der Waals surface area contributed by atoms with Crippen LogP contribution in [0.2, 0.25) is 0 Å². The average molecular weight is 292 g/mol. The number of hydrogen-bond acceptors (Lipinski definition) is 4. The number of pyridine rings is 1. The highest BCUT2D eigenvalue weighted by Gasteiger charge is 2.30. The molecule has 1 fully saturated rings. The molecule has 2 heterocycles. The highest BCUT2D eigenvalue weighted by molar-refractivity contribution is 5.96. The molecule has 21 heavy (non-hydrogen) atoms. The summed E-state index contributed by atoms with van der Waals surface area (Å²) >= 11 is 0. The fourth-order valence-corrected chi connectivity index (χ4v) is 2.50. The Balaban J connectivity index is 2.06. The molecule has 1 amide bonds. The Labute approximate surface area is 126 Å². The lowest BCUT2D eigenvalue weighted by molar-refractivity contribution is -0.0615. The number of nitrogens with zero attached hydrogens (tertiary/aromatic N) is 1. The molecule has 2 rings (SSSR count). The number of ether oxygens (including phenoxy) is 2. The largest absolute Gasteiger partial charge is 0.474 e. The molecular formula is C16H24N2O3. The van der Waals surface area contributed by atoms with Gasteiger partial charge in [-0.3, -0.25) is 4.79 Å². The van der Waals surface area contributed by atoms with Crippen molar-refractivity contribution in [2.24, 2.45) is 0 Å². The monoisotopic (exact) mass is 292 g/mol. The Morgan fingerprint density at radius 3 is 2.95 bits per heavy atom. The van der Waals surface area contributed by atoms with Crippen molar-refractivity contribution in [3.05, 3.63) is 23.9 Å². The molecular weight excluding hydrogens is 268 g/mol. The van der Waals surface area contributed by atoms with E-state index in [9.17, 15) is 4.79 Å². The molecule has 5 heteroatoms. The summed E-state index contributed by atoms with van der Waals surface area (Å²) in [5.41, 5.74) is 0.290. The number of carbonyl (C=O) groups excluding carboxylic acids is 1. The summed E-state index contributed by atoms with van der Waals surface area (Å²) in [6.07, 6.45) is 3.25. The van der Waals surface area contributed by atoms with Crippen LogP contribution >= 0.6 is 0 Å².